The third-order valence-corrected chi connectivity index (χ3v) is 6.02. The summed E-state index contributed by atoms with van der Waals surface area (Å²) in [6.07, 6.45) is 15.1. The summed E-state index contributed by atoms with van der Waals surface area (Å²) >= 11 is 0. The summed E-state index contributed by atoms with van der Waals surface area (Å²) in [5.74, 6) is 2.26. The van der Waals surface area contributed by atoms with Crippen LogP contribution in [0.25, 0.3) is 0 Å². The molecule has 1 heterocycles. The predicted octanol–water partition coefficient (Wildman–Crippen LogP) is 3.08. The molecule has 3 rings (SSSR count). The van der Waals surface area contributed by atoms with Gasteiger partial charge in [-0.3, -0.25) is 9.79 Å². The number of allylic oxidation sites excluding steroid dienone is 2. The molecule has 0 aromatic rings. The second kappa shape index (κ2) is 9.98. The third-order valence-electron chi connectivity index (χ3n) is 6.02. The van der Waals surface area contributed by atoms with Gasteiger partial charge in [-0.15, -0.1) is 0 Å². The zero-order valence-electron chi connectivity index (χ0n) is 16.4. The molecule has 2 unspecified atom stereocenters. The van der Waals surface area contributed by atoms with Gasteiger partial charge in [0, 0.05) is 38.1 Å². The van der Waals surface area contributed by atoms with Crippen LogP contribution in [0.15, 0.2) is 17.1 Å². The number of hydrogen-bond acceptors (Lipinski definition) is 2. The molecule has 2 fully saturated rings. The van der Waals surface area contributed by atoms with Crippen LogP contribution in [0.4, 0.5) is 0 Å². The van der Waals surface area contributed by atoms with Crippen molar-refractivity contribution >= 4 is 11.9 Å². The Morgan fingerprint density at radius 1 is 1.15 bits per heavy atom. The first kappa shape index (κ1) is 19.2. The Morgan fingerprint density at radius 3 is 2.73 bits per heavy atom. The normalized spacial score (nSPS) is 27.6. The molecule has 1 saturated heterocycles. The number of amides is 1. The number of nitrogens with one attached hydrogen (secondary N) is 2. The van der Waals surface area contributed by atoms with Crippen LogP contribution in [-0.2, 0) is 4.79 Å². The molecule has 2 aliphatic carbocycles. The van der Waals surface area contributed by atoms with Gasteiger partial charge < -0.3 is 15.5 Å². The van der Waals surface area contributed by atoms with Crippen LogP contribution >= 0.6 is 0 Å². The number of aliphatic imine (C=N–C) groups is 1. The summed E-state index contributed by atoms with van der Waals surface area (Å²) in [6.45, 7) is 5.57. The number of carbonyl (C=O) groups is 1. The lowest BCUT2D eigenvalue weighted by Crippen LogP contribution is -2.45. The number of rotatable bonds is 5. The molecule has 3 aliphatic rings. The van der Waals surface area contributed by atoms with E-state index in [1.807, 2.05) is 0 Å². The highest BCUT2D eigenvalue weighted by Crippen LogP contribution is 2.26. The van der Waals surface area contributed by atoms with Crippen molar-refractivity contribution in [2.24, 2.45) is 16.8 Å². The highest BCUT2D eigenvalue weighted by molar-refractivity contribution is 5.81. The Balaban J connectivity index is 1.48. The topological polar surface area (TPSA) is 56.7 Å². The van der Waals surface area contributed by atoms with Gasteiger partial charge >= 0.3 is 0 Å². The molecule has 0 aromatic carbocycles. The number of guanidine groups is 1. The van der Waals surface area contributed by atoms with Crippen LogP contribution in [0.3, 0.4) is 0 Å². The number of likely N-dealkylation sites (tertiary alicyclic amines) is 1. The molecule has 2 N–H and O–H groups in total. The average molecular weight is 361 g/mol. The highest BCUT2D eigenvalue weighted by atomic mass is 16.2. The minimum Gasteiger partial charge on any atom is -0.357 e. The van der Waals surface area contributed by atoms with Gasteiger partial charge in [-0.25, -0.2) is 0 Å². The minimum atomic E-state index is 0.281. The quantitative estimate of drug-likeness (QED) is 0.450. The number of hydrogen-bond donors (Lipinski definition) is 2. The summed E-state index contributed by atoms with van der Waals surface area (Å²) in [4.78, 5) is 19.6. The molecule has 5 nitrogen and oxygen atoms in total. The van der Waals surface area contributed by atoms with Crippen molar-refractivity contribution in [1.82, 2.24) is 15.5 Å². The molecule has 0 radical (unpaired) electrons. The van der Waals surface area contributed by atoms with E-state index < -0.39 is 0 Å². The van der Waals surface area contributed by atoms with Crippen molar-refractivity contribution in [1.29, 1.82) is 0 Å². The SMILES string of the molecule is CCNC(=NCC1CC=CCC1)NC1CCN(C(=O)C2CCCCC2)C1. The third kappa shape index (κ3) is 5.49. The summed E-state index contributed by atoms with van der Waals surface area (Å²) in [5, 5.41) is 6.95. The fourth-order valence-corrected chi connectivity index (χ4v) is 4.44. The Morgan fingerprint density at radius 2 is 2.00 bits per heavy atom. The monoisotopic (exact) mass is 360 g/mol. The summed E-state index contributed by atoms with van der Waals surface area (Å²) in [5.41, 5.74) is 0. The first-order valence-electron chi connectivity index (χ1n) is 10.7. The Bertz CT molecular complexity index is 510. The van der Waals surface area contributed by atoms with Gasteiger partial charge in [0.05, 0.1) is 0 Å². The summed E-state index contributed by atoms with van der Waals surface area (Å²) < 4.78 is 0. The van der Waals surface area contributed by atoms with Crippen molar-refractivity contribution in [2.75, 3.05) is 26.2 Å². The van der Waals surface area contributed by atoms with E-state index in [2.05, 4.69) is 34.6 Å². The molecule has 2 atom stereocenters. The first-order chi connectivity index (χ1) is 12.8. The van der Waals surface area contributed by atoms with Gasteiger partial charge in [-0.2, -0.15) is 0 Å². The van der Waals surface area contributed by atoms with Crippen molar-refractivity contribution in [3.8, 4) is 0 Å². The lowest BCUT2D eigenvalue weighted by molar-refractivity contribution is -0.135. The van der Waals surface area contributed by atoms with E-state index in [9.17, 15) is 4.79 Å². The van der Waals surface area contributed by atoms with Gasteiger partial charge in [-0.05, 0) is 51.4 Å². The highest BCUT2D eigenvalue weighted by Gasteiger charge is 2.31. The van der Waals surface area contributed by atoms with Crippen LogP contribution < -0.4 is 10.6 Å². The van der Waals surface area contributed by atoms with E-state index >= 15 is 0 Å². The van der Waals surface area contributed by atoms with E-state index in [0.29, 0.717) is 17.9 Å². The van der Waals surface area contributed by atoms with Crippen molar-refractivity contribution in [2.45, 2.75) is 70.8 Å². The fourth-order valence-electron chi connectivity index (χ4n) is 4.44. The minimum absolute atomic E-state index is 0.281. The molecule has 1 aliphatic heterocycles. The lowest BCUT2D eigenvalue weighted by Gasteiger charge is -2.26. The van der Waals surface area contributed by atoms with E-state index in [0.717, 1.165) is 57.8 Å². The molecule has 1 amide bonds. The van der Waals surface area contributed by atoms with E-state index in [-0.39, 0.29) is 5.92 Å². The van der Waals surface area contributed by atoms with Crippen LogP contribution in [0.5, 0.6) is 0 Å². The number of carbonyl (C=O) groups excluding carboxylic acids is 1. The van der Waals surface area contributed by atoms with Crippen molar-refractivity contribution < 1.29 is 4.79 Å². The van der Waals surface area contributed by atoms with Gasteiger partial charge in [0.25, 0.3) is 0 Å². The van der Waals surface area contributed by atoms with Gasteiger partial charge in [-0.1, -0.05) is 31.4 Å². The van der Waals surface area contributed by atoms with Crippen LogP contribution in [-0.4, -0.2) is 49.0 Å². The predicted molar refractivity (Wildman–Crippen MR) is 107 cm³/mol. The first-order valence-corrected chi connectivity index (χ1v) is 10.7. The van der Waals surface area contributed by atoms with Gasteiger partial charge in [0.2, 0.25) is 5.91 Å². The van der Waals surface area contributed by atoms with Gasteiger partial charge in [0.15, 0.2) is 5.96 Å². The second-order valence-electron chi connectivity index (χ2n) is 8.12. The Kier molecular flexibility index (Phi) is 7.39. The largest absolute Gasteiger partial charge is 0.357 e. The molecule has 1 saturated carbocycles. The van der Waals surface area contributed by atoms with E-state index in [1.54, 1.807) is 0 Å². The van der Waals surface area contributed by atoms with Gasteiger partial charge in [0.1, 0.15) is 0 Å². The Hall–Kier alpha value is -1.52. The Labute approximate surface area is 158 Å². The smallest absolute Gasteiger partial charge is 0.225 e. The molecule has 0 spiro atoms. The van der Waals surface area contributed by atoms with Crippen LogP contribution in [0, 0.1) is 11.8 Å². The zero-order chi connectivity index (χ0) is 18.2. The van der Waals surface area contributed by atoms with Crippen LogP contribution in [0.1, 0.15) is 64.7 Å². The molecule has 146 valence electrons. The maximum absolute atomic E-state index is 12.7. The fraction of sp³-hybridized carbons (Fsp3) is 0.810. The van der Waals surface area contributed by atoms with E-state index in [4.69, 9.17) is 4.99 Å². The van der Waals surface area contributed by atoms with Crippen molar-refractivity contribution in [3.05, 3.63) is 12.2 Å². The average Bonchev–Trinajstić information content (AvgIpc) is 3.16. The van der Waals surface area contributed by atoms with E-state index in [1.165, 1.54) is 32.1 Å². The molecule has 0 aromatic heterocycles. The molecule has 5 heteroatoms. The molecule has 26 heavy (non-hydrogen) atoms. The van der Waals surface area contributed by atoms with Crippen LogP contribution in [0.2, 0.25) is 0 Å². The summed E-state index contributed by atoms with van der Waals surface area (Å²) in [6, 6.07) is 0.326. The maximum Gasteiger partial charge on any atom is 0.225 e. The standard InChI is InChI=1S/C21H36N4O/c1-2-22-21(23-15-17-9-5-3-6-10-17)24-19-13-14-25(16-19)20(26)18-11-7-4-8-12-18/h3,5,17-19H,2,4,6-16H2,1H3,(H2,22,23,24). The molecular weight excluding hydrogens is 324 g/mol. The summed E-state index contributed by atoms with van der Waals surface area (Å²) in [7, 11) is 0. The molecule has 0 bridgehead atoms. The maximum atomic E-state index is 12.7. The number of nitrogens with zero attached hydrogens (tertiary/aromatic N) is 2. The van der Waals surface area contributed by atoms with Crippen molar-refractivity contribution in [3.63, 3.8) is 0 Å². The second-order valence-corrected chi connectivity index (χ2v) is 8.12. The zero-order valence-corrected chi connectivity index (χ0v) is 16.4. The lowest BCUT2D eigenvalue weighted by atomic mass is 9.88. The molecular formula is C21H36N4O.